The van der Waals surface area contributed by atoms with Crippen LogP contribution in [0.15, 0.2) is 16.5 Å². The molecule has 2 saturated heterocycles. The van der Waals surface area contributed by atoms with E-state index in [1.165, 1.54) is 12.1 Å². The van der Waals surface area contributed by atoms with Crippen LogP contribution in [-0.2, 0) is 0 Å². The lowest BCUT2D eigenvalue weighted by Crippen LogP contribution is -2.48. The summed E-state index contributed by atoms with van der Waals surface area (Å²) in [7, 11) is 1.74. The number of hydrogen-bond acceptors (Lipinski definition) is 5. The summed E-state index contributed by atoms with van der Waals surface area (Å²) in [6.07, 6.45) is 4.19. The predicted octanol–water partition coefficient (Wildman–Crippen LogP) is 1.96. The maximum Gasteiger partial charge on any atom is 0.433 e. The lowest BCUT2D eigenvalue weighted by atomic mass is 9.98. The second kappa shape index (κ2) is 6.03. The highest BCUT2D eigenvalue weighted by molar-refractivity contribution is 5.91. The lowest BCUT2D eigenvalue weighted by Gasteiger charge is -2.35. The number of carbonyl (C=O) groups is 1. The number of rotatable bonds is 3. The number of nitro groups is 1. The van der Waals surface area contributed by atoms with Crippen molar-refractivity contribution in [2.45, 2.75) is 43.8 Å². The summed E-state index contributed by atoms with van der Waals surface area (Å²) in [6, 6.07) is 3.73. The van der Waals surface area contributed by atoms with Gasteiger partial charge in [-0.3, -0.25) is 14.9 Å². The molecule has 1 aromatic rings. The van der Waals surface area contributed by atoms with Gasteiger partial charge in [-0.25, -0.2) is 0 Å². The minimum atomic E-state index is -0.637. The highest BCUT2D eigenvalue weighted by Crippen LogP contribution is 2.30. The van der Waals surface area contributed by atoms with Gasteiger partial charge in [0.25, 0.3) is 5.91 Å². The van der Waals surface area contributed by atoms with Crippen molar-refractivity contribution in [2.75, 3.05) is 7.05 Å². The molecule has 1 aromatic heterocycles. The first-order chi connectivity index (χ1) is 9.54. The van der Waals surface area contributed by atoms with E-state index in [-0.39, 0.29) is 30.1 Å². The first-order valence-corrected chi connectivity index (χ1v) is 6.82. The number of nitrogens with one attached hydrogen (secondary N) is 1. The molecule has 0 spiro atoms. The quantitative estimate of drug-likeness (QED) is 0.680. The van der Waals surface area contributed by atoms with Crippen LogP contribution >= 0.6 is 12.4 Å². The van der Waals surface area contributed by atoms with Crippen LogP contribution in [-0.4, -0.2) is 40.9 Å². The summed E-state index contributed by atoms with van der Waals surface area (Å²) < 4.78 is 4.98. The third-order valence-corrected chi connectivity index (χ3v) is 4.30. The first-order valence-electron chi connectivity index (χ1n) is 6.82. The molecule has 2 atom stereocenters. The number of fused-ring (bicyclic) bond motifs is 2. The van der Waals surface area contributed by atoms with E-state index in [1.54, 1.807) is 11.9 Å². The molecule has 21 heavy (non-hydrogen) atoms. The molecule has 0 saturated carbocycles. The Morgan fingerprint density at radius 3 is 2.52 bits per heavy atom. The number of amides is 1. The molecule has 8 heteroatoms. The summed E-state index contributed by atoms with van der Waals surface area (Å²) in [5.74, 6) is -0.651. The third-order valence-electron chi connectivity index (χ3n) is 4.30. The topological polar surface area (TPSA) is 88.6 Å². The molecule has 0 aromatic carbocycles. The molecule has 0 radical (unpaired) electrons. The monoisotopic (exact) mass is 315 g/mol. The van der Waals surface area contributed by atoms with Gasteiger partial charge in [0.2, 0.25) is 0 Å². The van der Waals surface area contributed by atoms with E-state index >= 15 is 0 Å². The van der Waals surface area contributed by atoms with E-state index in [1.807, 2.05) is 0 Å². The molecule has 2 unspecified atom stereocenters. The van der Waals surface area contributed by atoms with Gasteiger partial charge in [-0.05, 0) is 31.7 Å². The standard InChI is InChI=1S/C13H17N3O4.ClH/c1-15(10-6-8-2-3-9(7-10)14-8)13(17)11-4-5-12(20-11)16(18)19;/h4-5,8-10,14H,2-3,6-7H2,1H3;1H. The summed E-state index contributed by atoms with van der Waals surface area (Å²) in [4.78, 5) is 23.9. The number of hydrogen-bond donors (Lipinski definition) is 1. The van der Waals surface area contributed by atoms with Crippen LogP contribution in [0.2, 0.25) is 0 Å². The smallest absolute Gasteiger partial charge is 0.395 e. The van der Waals surface area contributed by atoms with Crippen molar-refractivity contribution in [3.05, 3.63) is 28.0 Å². The fraction of sp³-hybridized carbons (Fsp3) is 0.615. The van der Waals surface area contributed by atoms with Crippen molar-refractivity contribution < 1.29 is 14.1 Å². The zero-order chi connectivity index (χ0) is 14.3. The molecule has 3 rings (SSSR count). The summed E-state index contributed by atoms with van der Waals surface area (Å²) in [5.41, 5.74) is 0. The van der Waals surface area contributed by atoms with Gasteiger partial charge in [-0.2, -0.15) is 0 Å². The molecule has 1 N–H and O–H groups in total. The van der Waals surface area contributed by atoms with Crippen LogP contribution in [0.4, 0.5) is 5.88 Å². The van der Waals surface area contributed by atoms with Gasteiger partial charge in [-0.15, -0.1) is 12.4 Å². The Morgan fingerprint density at radius 1 is 1.38 bits per heavy atom. The maximum atomic E-state index is 12.3. The first kappa shape index (κ1) is 15.8. The number of piperidine rings is 1. The largest absolute Gasteiger partial charge is 0.433 e. The second-order valence-corrected chi connectivity index (χ2v) is 5.57. The van der Waals surface area contributed by atoms with Crippen molar-refractivity contribution in [3.63, 3.8) is 0 Å². The highest BCUT2D eigenvalue weighted by atomic mass is 35.5. The van der Waals surface area contributed by atoms with Gasteiger partial charge in [-0.1, -0.05) is 0 Å². The van der Waals surface area contributed by atoms with Crippen LogP contribution in [0.5, 0.6) is 0 Å². The van der Waals surface area contributed by atoms with E-state index in [0.29, 0.717) is 12.1 Å². The van der Waals surface area contributed by atoms with Crippen LogP contribution in [0.1, 0.15) is 36.2 Å². The van der Waals surface area contributed by atoms with Gasteiger partial charge in [0.15, 0.2) is 5.76 Å². The Bertz CT molecular complexity index is 535. The van der Waals surface area contributed by atoms with Crippen LogP contribution in [0, 0.1) is 10.1 Å². The second-order valence-electron chi connectivity index (χ2n) is 5.57. The van der Waals surface area contributed by atoms with Gasteiger partial charge in [0, 0.05) is 25.2 Å². The van der Waals surface area contributed by atoms with Gasteiger partial charge >= 0.3 is 5.88 Å². The molecule has 0 aliphatic carbocycles. The number of nitrogens with zero attached hydrogens (tertiary/aromatic N) is 2. The molecule has 1 amide bonds. The third kappa shape index (κ3) is 3.03. The molecule has 2 bridgehead atoms. The van der Waals surface area contributed by atoms with E-state index in [2.05, 4.69) is 5.32 Å². The predicted molar refractivity (Wildman–Crippen MR) is 77.7 cm³/mol. The molecule has 3 heterocycles. The Kier molecular flexibility index (Phi) is 4.53. The normalized spacial score (nSPS) is 27.0. The minimum Gasteiger partial charge on any atom is -0.395 e. The molecule has 2 aliphatic heterocycles. The zero-order valence-corrected chi connectivity index (χ0v) is 12.5. The SMILES string of the molecule is CN(C(=O)c1ccc([N+](=O)[O-])o1)C1CC2CCC(C1)N2.Cl. The molecule has 2 fully saturated rings. The summed E-state index contributed by atoms with van der Waals surface area (Å²) >= 11 is 0. The Labute approximate surface area is 128 Å². The maximum absolute atomic E-state index is 12.3. The molecular weight excluding hydrogens is 298 g/mol. The van der Waals surface area contributed by atoms with Gasteiger partial charge in [0.1, 0.15) is 4.92 Å². The highest BCUT2D eigenvalue weighted by Gasteiger charge is 2.37. The van der Waals surface area contributed by atoms with E-state index in [0.717, 1.165) is 25.7 Å². The average Bonchev–Trinajstić information content (AvgIpc) is 3.04. The van der Waals surface area contributed by atoms with Gasteiger partial charge in [0.05, 0.1) is 6.07 Å². The molecule has 7 nitrogen and oxygen atoms in total. The Morgan fingerprint density at radius 2 is 2.00 bits per heavy atom. The molecule has 2 aliphatic rings. The van der Waals surface area contributed by atoms with Crippen LogP contribution in [0.25, 0.3) is 0 Å². The number of carbonyl (C=O) groups excluding carboxylic acids is 1. The van der Waals surface area contributed by atoms with Crippen molar-refractivity contribution in [3.8, 4) is 0 Å². The summed E-state index contributed by atoms with van der Waals surface area (Å²) in [5, 5.41) is 14.1. The number of halogens is 1. The van der Waals surface area contributed by atoms with Crippen molar-refractivity contribution in [1.82, 2.24) is 10.2 Å². The Balaban J connectivity index is 0.00000161. The molecule has 116 valence electrons. The van der Waals surface area contributed by atoms with Crippen molar-refractivity contribution in [1.29, 1.82) is 0 Å². The molecular formula is C13H18ClN3O4. The van der Waals surface area contributed by atoms with E-state index < -0.39 is 10.8 Å². The zero-order valence-electron chi connectivity index (χ0n) is 11.7. The van der Waals surface area contributed by atoms with Crippen LogP contribution < -0.4 is 5.32 Å². The average molecular weight is 316 g/mol. The number of furan rings is 1. The van der Waals surface area contributed by atoms with Gasteiger partial charge < -0.3 is 14.6 Å². The van der Waals surface area contributed by atoms with E-state index in [9.17, 15) is 14.9 Å². The van der Waals surface area contributed by atoms with Crippen molar-refractivity contribution in [2.24, 2.45) is 0 Å². The van der Waals surface area contributed by atoms with E-state index in [4.69, 9.17) is 4.42 Å². The fourth-order valence-electron chi connectivity index (χ4n) is 3.22. The van der Waals surface area contributed by atoms with Crippen molar-refractivity contribution >= 4 is 24.2 Å². The lowest BCUT2D eigenvalue weighted by molar-refractivity contribution is -0.402. The Hall–Kier alpha value is -1.60. The summed E-state index contributed by atoms with van der Waals surface area (Å²) in [6.45, 7) is 0. The van der Waals surface area contributed by atoms with Crippen LogP contribution in [0.3, 0.4) is 0 Å². The minimum absolute atomic E-state index is 0. The fourth-order valence-corrected chi connectivity index (χ4v) is 3.22.